The van der Waals surface area contributed by atoms with Gasteiger partial charge in [-0.2, -0.15) is 0 Å². The molecular formula is C20H23N5O3. The molecule has 146 valence electrons. The Labute approximate surface area is 163 Å². The van der Waals surface area contributed by atoms with E-state index in [0.29, 0.717) is 26.2 Å². The largest absolute Gasteiger partial charge is 0.489 e. The maximum absolute atomic E-state index is 11.9. The smallest absolute Gasteiger partial charge is 0.277 e. The van der Waals surface area contributed by atoms with Crippen molar-refractivity contribution in [3.63, 3.8) is 0 Å². The third kappa shape index (κ3) is 5.31. The molecule has 0 fully saturated rings. The topological polar surface area (TPSA) is 115 Å². The van der Waals surface area contributed by atoms with Crippen LogP contribution in [0.15, 0.2) is 53.2 Å². The van der Waals surface area contributed by atoms with E-state index in [9.17, 15) is 4.79 Å². The van der Waals surface area contributed by atoms with Crippen LogP contribution in [-0.4, -0.2) is 29.3 Å². The highest BCUT2D eigenvalue weighted by atomic mass is 16.6. The number of carbonyl (C=O) groups is 1. The zero-order chi connectivity index (χ0) is 19.8. The van der Waals surface area contributed by atoms with Crippen LogP contribution in [0.4, 0.5) is 5.82 Å². The van der Waals surface area contributed by atoms with Crippen LogP contribution in [0, 0.1) is 6.92 Å². The number of anilines is 1. The van der Waals surface area contributed by atoms with Gasteiger partial charge in [0, 0.05) is 25.2 Å². The van der Waals surface area contributed by atoms with Gasteiger partial charge in [-0.1, -0.05) is 48.0 Å². The summed E-state index contributed by atoms with van der Waals surface area (Å²) in [6, 6.07) is 16.2. The van der Waals surface area contributed by atoms with Gasteiger partial charge in [-0.25, -0.2) is 4.63 Å². The highest BCUT2D eigenvalue weighted by molar-refractivity contribution is 5.95. The van der Waals surface area contributed by atoms with Gasteiger partial charge in [-0.15, -0.1) is 0 Å². The molecule has 1 aromatic heterocycles. The molecule has 1 heterocycles. The van der Waals surface area contributed by atoms with E-state index in [1.807, 2.05) is 24.3 Å². The average molecular weight is 381 g/mol. The Morgan fingerprint density at radius 2 is 1.89 bits per heavy atom. The van der Waals surface area contributed by atoms with Gasteiger partial charge in [0.2, 0.25) is 11.5 Å². The molecule has 0 aliphatic heterocycles. The van der Waals surface area contributed by atoms with E-state index in [1.165, 1.54) is 5.56 Å². The van der Waals surface area contributed by atoms with Gasteiger partial charge in [0.15, 0.2) is 0 Å². The Morgan fingerprint density at radius 3 is 2.64 bits per heavy atom. The van der Waals surface area contributed by atoms with Crippen molar-refractivity contribution < 1.29 is 14.2 Å². The number of hydrogen-bond donors (Lipinski definition) is 3. The fourth-order valence-electron chi connectivity index (χ4n) is 2.56. The fraction of sp³-hybridized carbons (Fsp3) is 0.250. The molecule has 3 rings (SSSR count). The number of nitrogens with two attached hydrogens (primary N) is 1. The predicted octanol–water partition coefficient (Wildman–Crippen LogP) is 2.06. The zero-order valence-electron chi connectivity index (χ0n) is 15.6. The molecular weight excluding hydrogens is 358 g/mol. The number of aryl methyl sites for hydroxylation is 1. The quantitative estimate of drug-likeness (QED) is 0.486. The highest BCUT2D eigenvalue weighted by Crippen LogP contribution is 2.19. The van der Waals surface area contributed by atoms with Crippen LogP contribution in [0.25, 0.3) is 0 Å². The lowest BCUT2D eigenvalue weighted by atomic mass is 10.1. The van der Waals surface area contributed by atoms with Crippen LogP contribution in [0.5, 0.6) is 5.75 Å². The summed E-state index contributed by atoms with van der Waals surface area (Å²) in [5.74, 6) is 0.397. The lowest BCUT2D eigenvalue weighted by molar-refractivity contribution is 0.0944. The van der Waals surface area contributed by atoms with Gasteiger partial charge in [0.1, 0.15) is 12.4 Å². The Kier molecular flexibility index (Phi) is 6.59. The Balaban J connectivity index is 1.44. The molecule has 0 saturated carbocycles. The number of nitrogen functional groups attached to an aromatic ring is 1. The molecule has 28 heavy (non-hydrogen) atoms. The molecule has 0 saturated heterocycles. The molecule has 3 aromatic rings. The van der Waals surface area contributed by atoms with Crippen molar-refractivity contribution in [2.75, 3.05) is 18.8 Å². The normalized spacial score (nSPS) is 10.6. The molecule has 0 spiro atoms. The van der Waals surface area contributed by atoms with E-state index in [1.54, 1.807) is 0 Å². The van der Waals surface area contributed by atoms with Crippen molar-refractivity contribution >= 4 is 11.7 Å². The SMILES string of the molecule is Cc1ccc(COc2ccccc2CNCCNC(=O)c2nonc2N)cc1. The monoisotopic (exact) mass is 381 g/mol. The van der Waals surface area contributed by atoms with E-state index in [-0.39, 0.29) is 11.5 Å². The summed E-state index contributed by atoms with van der Waals surface area (Å²) in [6.45, 7) is 4.18. The molecule has 4 N–H and O–H groups in total. The first-order chi connectivity index (χ1) is 13.6. The maximum Gasteiger partial charge on any atom is 0.277 e. The van der Waals surface area contributed by atoms with Crippen molar-refractivity contribution in [1.29, 1.82) is 0 Å². The number of benzene rings is 2. The first kappa shape index (κ1) is 19.4. The molecule has 8 heteroatoms. The maximum atomic E-state index is 11.9. The number of para-hydroxylation sites is 1. The molecule has 0 bridgehead atoms. The van der Waals surface area contributed by atoms with Crippen molar-refractivity contribution in [2.24, 2.45) is 0 Å². The number of carbonyl (C=O) groups excluding carboxylic acids is 1. The minimum Gasteiger partial charge on any atom is -0.489 e. The summed E-state index contributed by atoms with van der Waals surface area (Å²) in [5.41, 5.74) is 8.87. The van der Waals surface area contributed by atoms with Crippen molar-refractivity contribution in [3.8, 4) is 5.75 Å². The molecule has 2 aromatic carbocycles. The molecule has 8 nitrogen and oxygen atoms in total. The third-order valence-corrected chi connectivity index (χ3v) is 4.12. The summed E-state index contributed by atoms with van der Waals surface area (Å²) < 4.78 is 10.4. The standard InChI is InChI=1S/C20H23N5O3/c1-14-6-8-15(9-7-14)13-27-17-5-3-2-4-16(17)12-22-10-11-23-20(26)18-19(21)25-28-24-18/h2-9,22H,10-13H2,1H3,(H2,21,25)(H,23,26). The van der Waals surface area contributed by atoms with Gasteiger partial charge in [-0.3, -0.25) is 4.79 Å². The second kappa shape index (κ2) is 9.52. The Hall–Kier alpha value is -3.39. The predicted molar refractivity (Wildman–Crippen MR) is 105 cm³/mol. The minimum atomic E-state index is -0.414. The van der Waals surface area contributed by atoms with Gasteiger partial charge >= 0.3 is 0 Å². The number of amides is 1. The fourth-order valence-corrected chi connectivity index (χ4v) is 2.56. The van der Waals surface area contributed by atoms with Crippen LogP contribution < -0.4 is 21.1 Å². The van der Waals surface area contributed by atoms with E-state index in [4.69, 9.17) is 10.5 Å². The van der Waals surface area contributed by atoms with Crippen LogP contribution in [-0.2, 0) is 13.2 Å². The van der Waals surface area contributed by atoms with E-state index in [0.717, 1.165) is 16.9 Å². The molecule has 0 aliphatic carbocycles. The molecule has 0 radical (unpaired) electrons. The number of rotatable bonds is 9. The van der Waals surface area contributed by atoms with Crippen LogP contribution in [0.2, 0.25) is 0 Å². The molecule has 0 aliphatic rings. The Morgan fingerprint density at radius 1 is 1.11 bits per heavy atom. The Bertz CT molecular complexity index is 908. The van der Waals surface area contributed by atoms with Crippen molar-refractivity contribution in [3.05, 3.63) is 70.9 Å². The number of hydrogen-bond acceptors (Lipinski definition) is 7. The van der Waals surface area contributed by atoms with E-state index >= 15 is 0 Å². The third-order valence-electron chi connectivity index (χ3n) is 4.12. The highest BCUT2D eigenvalue weighted by Gasteiger charge is 2.14. The van der Waals surface area contributed by atoms with Crippen molar-refractivity contribution in [2.45, 2.75) is 20.1 Å². The number of aromatic nitrogens is 2. The second-order valence-corrected chi connectivity index (χ2v) is 6.31. The van der Waals surface area contributed by atoms with E-state index < -0.39 is 5.91 Å². The van der Waals surface area contributed by atoms with Gasteiger partial charge in [0.05, 0.1) is 0 Å². The molecule has 0 unspecified atom stereocenters. The number of ether oxygens (including phenoxy) is 1. The van der Waals surface area contributed by atoms with Gasteiger partial charge in [0.25, 0.3) is 5.91 Å². The summed E-state index contributed by atoms with van der Waals surface area (Å²) in [7, 11) is 0. The van der Waals surface area contributed by atoms with Crippen LogP contribution in [0.3, 0.4) is 0 Å². The molecule has 0 atom stereocenters. The van der Waals surface area contributed by atoms with Crippen LogP contribution >= 0.6 is 0 Å². The van der Waals surface area contributed by atoms with Gasteiger partial charge < -0.3 is 21.1 Å². The zero-order valence-corrected chi connectivity index (χ0v) is 15.6. The lowest BCUT2D eigenvalue weighted by Crippen LogP contribution is -2.32. The number of nitrogens with zero attached hydrogens (tertiary/aromatic N) is 2. The minimum absolute atomic E-state index is 0.00477. The summed E-state index contributed by atoms with van der Waals surface area (Å²) >= 11 is 0. The van der Waals surface area contributed by atoms with E-state index in [2.05, 4.69) is 56.8 Å². The number of nitrogens with one attached hydrogen (secondary N) is 2. The average Bonchev–Trinajstić information content (AvgIpc) is 3.14. The lowest BCUT2D eigenvalue weighted by Gasteiger charge is -2.12. The van der Waals surface area contributed by atoms with Crippen LogP contribution in [0.1, 0.15) is 27.2 Å². The van der Waals surface area contributed by atoms with Gasteiger partial charge in [-0.05, 0) is 28.9 Å². The summed E-state index contributed by atoms with van der Waals surface area (Å²) in [5, 5.41) is 12.8. The first-order valence-electron chi connectivity index (χ1n) is 8.96. The molecule has 1 amide bonds. The summed E-state index contributed by atoms with van der Waals surface area (Å²) in [4.78, 5) is 11.9. The second-order valence-electron chi connectivity index (χ2n) is 6.31. The summed E-state index contributed by atoms with van der Waals surface area (Å²) in [6.07, 6.45) is 0. The van der Waals surface area contributed by atoms with Crippen molar-refractivity contribution in [1.82, 2.24) is 20.9 Å². The first-order valence-corrected chi connectivity index (χ1v) is 8.96.